The van der Waals surface area contributed by atoms with E-state index in [2.05, 4.69) is 15.7 Å². The van der Waals surface area contributed by atoms with E-state index in [0.29, 0.717) is 0 Å². The molecule has 0 saturated heterocycles. The Bertz CT molecular complexity index is 389. The number of nitrogens with one attached hydrogen (secondary N) is 1. The van der Waals surface area contributed by atoms with Crippen LogP contribution in [0.25, 0.3) is 0 Å². The van der Waals surface area contributed by atoms with Crippen LogP contribution in [-0.4, -0.2) is 11.0 Å². The Labute approximate surface area is 107 Å². The molecule has 0 unspecified atom stereocenters. The SMILES string of the molecule is c1csc(CN[C@@H]2C[C@@H]3C[C@H]2[C@@H]2CCC[C@H]32)n1. The maximum Gasteiger partial charge on any atom is 0.106 e. The zero-order valence-electron chi connectivity index (χ0n) is 10.1. The van der Waals surface area contributed by atoms with E-state index < -0.39 is 0 Å². The topological polar surface area (TPSA) is 24.9 Å². The molecular formula is C14H20N2S. The summed E-state index contributed by atoms with van der Waals surface area (Å²) >= 11 is 1.77. The Hall–Kier alpha value is -0.410. The summed E-state index contributed by atoms with van der Waals surface area (Å²) in [5.74, 6) is 4.23. The molecule has 3 fully saturated rings. The Morgan fingerprint density at radius 1 is 1.24 bits per heavy atom. The number of hydrogen-bond acceptors (Lipinski definition) is 3. The molecule has 5 atom stereocenters. The van der Waals surface area contributed by atoms with Gasteiger partial charge in [0.25, 0.3) is 0 Å². The van der Waals surface area contributed by atoms with Crippen molar-refractivity contribution in [1.82, 2.24) is 10.3 Å². The molecule has 1 aromatic heterocycles. The molecule has 3 aliphatic rings. The van der Waals surface area contributed by atoms with Crippen molar-refractivity contribution in [3.8, 4) is 0 Å². The molecular weight excluding hydrogens is 228 g/mol. The third kappa shape index (κ3) is 1.66. The average molecular weight is 248 g/mol. The number of nitrogens with zero attached hydrogens (tertiary/aromatic N) is 1. The molecule has 17 heavy (non-hydrogen) atoms. The van der Waals surface area contributed by atoms with Crippen molar-refractivity contribution in [2.24, 2.45) is 23.7 Å². The van der Waals surface area contributed by atoms with Gasteiger partial charge in [-0.1, -0.05) is 6.42 Å². The lowest BCUT2D eigenvalue weighted by Gasteiger charge is -2.32. The van der Waals surface area contributed by atoms with Gasteiger partial charge in [-0.05, 0) is 49.4 Å². The van der Waals surface area contributed by atoms with Gasteiger partial charge < -0.3 is 5.32 Å². The fourth-order valence-corrected chi connectivity index (χ4v) is 5.43. The fraction of sp³-hybridized carbons (Fsp3) is 0.786. The van der Waals surface area contributed by atoms with E-state index in [1.807, 2.05) is 6.20 Å². The molecule has 0 aliphatic heterocycles. The molecule has 0 radical (unpaired) electrons. The first kappa shape index (κ1) is 10.5. The Morgan fingerprint density at radius 2 is 2.18 bits per heavy atom. The summed E-state index contributed by atoms with van der Waals surface area (Å²) in [5.41, 5.74) is 0. The van der Waals surface area contributed by atoms with E-state index in [4.69, 9.17) is 0 Å². The Kier molecular flexibility index (Phi) is 2.51. The van der Waals surface area contributed by atoms with Gasteiger partial charge in [-0.25, -0.2) is 4.98 Å². The lowest BCUT2D eigenvalue weighted by atomic mass is 9.79. The lowest BCUT2D eigenvalue weighted by molar-refractivity contribution is 0.208. The first-order valence-corrected chi connectivity index (χ1v) is 7.91. The third-order valence-corrected chi connectivity index (χ3v) is 6.21. The molecule has 3 saturated carbocycles. The summed E-state index contributed by atoms with van der Waals surface area (Å²) in [6, 6.07) is 0.795. The molecule has 0 aromatic carbocycles. The highest BCUT2D eigenvalue weighted by Crippen LogP contribution is 2.58. The molecule has 1 aromatic rings. The van der Waals surface area contributed by atoms with Crippen LogP contribution in [0.5, 0.6) is 0 Å². The monoisotopic (exact) mass is 248 g/mol. The van der Waals surface area contributed by atoms with Crippen LogP contribution in [-0.2, 0) is 6.54 Å². The third-order valence-electron chi connectivity index (χ3n) is 5.43. The van der Waals surface area contributed by atoms with E-state index in [1.54, 1.807) is 11.3 Å². The van der Waals surface area contributed by atoms with E-state index >= 15 is 0 Å². The van der Waals surface area contributed by atoms with E-state index in [0.717, 1.165) is 36.3 Å². The predicted octanol–water partition coefficient (Wildman–Crippen LogP) is 3.06. The summed E-state index contributed by atoms with van der Waals surface area (Å²) in [6.07, 6.45) is 9.42. The highest BCUT2D eigenvalue weighted by Gasteiger charge is 2.53. The van der Waals surface area contributed by atoms with Crippen molar-refractivity contribution in [3.63, 3.8) is 0 Å². The van der Waals surface area contributed by atoms with E-state index in [1.165, 1.54) is 37.1 Å². The molecule has 4 rings (SSSR count). The second-order valence-corrected chi connectivity index (χ2v) is 7.05. The maximum atomic E-state index is 4.36. The first-order chi connectivity index (χ1) is 8.42. The summed E-state index contributed by atoms with van der Waals surface area (Å²) in [6.45, 7) is 0.989. The second-order valence-electron chi connectivity index (χ2n) is 6.07. The molecule has 0 amide bonds. The van der Waals surface area contributed by atoms with Crippen molar-refractivity contribution in [2.75, 3.05) is 0 Å². The predicted molar refractivity (Wildman–Crippen MR) is 69.8 cm³/mol. The Balaban J connectivity index is 1.41. The molecule has 2 nitrogen and oxygen atoms in total. The molecule has 1 heterocycles. The smallest absolute Gasteiger partial charge is 0.106 e. The Morgan fingerprint density at radius 3 is 3.06 bits per heavy atom. The highest BCUT2D eigenvalue weighted by atomic mass is 32.1. The van der Waals surface area contributed by atoms with Crippen LogP contribution in [0.4, 0.5) is 0 Å². The number of thiazole rings is 1. The van der Waals surface area contributed by atoms with Crippen LogP contribution in [0, 0.1) is 23.7 Å². The van der Waals surface area contributed by atoms with Crippen LogP contribution in [0.1, 0.15) is 37.1 Å². The minimum Gasteiger partial charge on any atom is -0.307 e. The van der Waals surface area contributed by atoms with Crippen molar-refractivity contribution >= 4 is 11.3 Å². The molecule has 0 spiro atoms. The summed E-state index contributed by atoms with van der Waals surface area (Å²) in [7, 11) is 0. The van der Waals surface area contributed by atoms with Crippen molar-refractivity contribution in [3.05, 3.63) is 16.6 Å². The van der Waals surface area contributed by atoms with Crippen LogP contribution in [0.3, 0.4) is 0 Å². The second kappa shape index (κ2) is 4.06. The number of hydrogen-bond donors (Lipinski definition) is 1. The lowest BCUT2D eigenvalue weighted by Crippen LogP contribution is -2.38. The largest absolute Gasteiger partial charge is 0.307 e. The quantitative estimate of drug-likeness (QED) is 0.889. The van der Waals surface area contributed by atoms with Gasteiger partial charge in [0.15, 0.2) is 0 Å². The van der Waals surface area contributed by atoms with Gasteiger partial charge in [0.2, 0.25) is 0 Å². The summed E-state index contributed by atoms with van der Waals surface area (Å²) < 4.78 is 0. The van der Waals surface area contributed by atoms with Gasteiger partial charge in [-0.3, -0.25) is 0 Å². The summed E-state index contributed by atoms with van der Waals surface area (Å²) in [4.78, 5) is 4.36. The molecule has 3 aliphatic carbocycles. The maximum absolute atomic E-state index is 4.36. The number of rotatable bonds is 3. The van der Waals surface area contributed by atoms with Crippen LogP contribution >= 0.6 is 11.3 Å². The van der Waals surface area contributed by atoms with Crippen LogP contribution < -0.4 is 5.32 Å². The van der Waals surface area contributed by atoms with Gasteiger partial charge in [-0.15, -0.1) is 11.3 Å². The number of aromatic nitrogens is 1. The van der Waals surface area contributed by atoms with Gasteiger partial charge in [0.05, 0.1) is 0 Å². The standard InChI is InChI=1S/C14H20N2S/c1-2-10-9-6-12(11(10)3-1)13(7-9)16-8-14-15-4-5-17-14/h4-5,9-13,16H,1-3,6-8H2/t9-,10+,11+,12-,13+/m0/s1. The molecule has 3 heteroatoms. The van der Waals surface area contributed by atoms with E-state index in [-0.39, 0.29) is 0 Å². The first-order valence-electron chi connectivity index (χ1n) is 7.03. The fourth-order valence-electron chi connectivity index (χ4n) is 4.86. The molecule has 92 valence electrons. The summed E-state index contributed by atoms with van der Waals surface area (Å²) in [5, 5.41) is 7.10. The van der Waals surface area contributed by atoms with Gasteiger partial charge in [-0.2, -0.15) is 0 Å². The normalized spacial score (nSPS) is 43.2. The van der Waals surface area contributed by atoms with Gasteiger partial charge in [0, 0.05) is 24.2 Å². The minimum absolute atomic E-state index is 0.795. The van der Waals surface area contributed by atoms with E-state index in [9.17, 15) is 0 Å². The minimum atomic E-state index is 0.795. The van der Waals surface area contributed by atoms with Crippen LogP contribution in [0.15, 0.2) is 11.6 Å². The highest BCUT2D eigenvalue weighted by molar-refractivity contribution is 7.09. The van der Waals surface area contributed by atoms with Crippen molar-refractivity contribution in [2.45, 2.75) is 44.7 Å². The zero-order chi connectivity index (χ0) is 11.2. The van der Waals surface area contributed by atoms with Crippen molar-refractivity contribution < 1.29 is 0 Å². The molecule has 2 bridgehead atoms. The number of fused-ring (bicyclic) bond motifs is 5. The van der Waals surface area contributed by atoms with Gasteiger partial charge >= 0.3 is 0 Å². The van der Waals surface area contributed by atoms with Gasteiger partial charge in [0.1, 0.15) is 5.01 Å². The average Bonchev–Trinajstić information content (AvgIpc) is 3.08. The van der Waals surface area contributed by atoms with Crippen molar-refractivity contribution in [1.29, 1.82) is 0 Å². The molecule has 1 N–H and O–H groups in total. The van der Waals surface area contributed by atoms with Crippen LogP contribution in [0.2, 0.25) is 0 Å². The zero-order valence-corrected chi connectivity index (χ0v) is 11.0.